The monoisotopic (exact) mass is 828 g/mol. The van der Waals surface area contributed by atoms with Crippen molar-refractivity contribution in [2.24, 2.45) is 0 Å². The topological polar surface area (TPSA) is 102 Å². The summed E-state index contributed by atoms with van der Waals surface area (Å²) in [4.78, 5) is 18.0. The molecule has 0 bridgehead atoms. The van der Waals surface area contributed by atoms with Crippen LogP contribution in [0.15, 0.2) is 29.2 Å². The largest absolute Gasteiger partial charge is 1.00 e. The fourth-order valence-corrected chi connectivity index (χ4v) is 10.1. The third kappa shape index (κ3) is 16.8. The van der Waals surface area contributed by atoms with E-state index >= 15 is 0 Å². The Bertz CT molecular complexity index is 1650. The summed E-state index contributed by atoms with van der Waals surface area (Å²) < 4.78 is 54.6. The van der Waals surface area contributed by atoms with E-state index in [9.17, 15) is 17.8 Å². The van der Waals surface area contributed by atoms with Crippen LogP contribution in [0.25, 0.3) is 0 Å². The molecule has 1 aliphatic rings. The van der Waals surface area contributed by atoms with Crippen LogP contribution in [-0.4, -0.2) is 32.2 Å². The molecule has 0 aliphatic carbocycles. The number of carbonyl (C=O) groups is 1. The van der Waals surface area contributed by atoms with Crippen LogP contribution in [0.4, 0.5) is 0 Å². The second-order valence-electron chi connectivity index (χ2n) is 14.4. The van der Waals surface area contributed by atoms with Gasteiger partial charge in [-0.25, -0.2) is 8.42 Å². The average molecular weight is 829 g/mol. The summed E-state index contributed by atoms with van der Waals surface area (Å²) >= 11 is 3.22. The Morgan fingerprint density at radius 1 is 0.727 bits per heavy atom. The van der Waals surface area contributed by atoms with E-state index < -0.39 is 22.0 Å². The summed E-state index contributed by atoms with van der Waals surface area (Å²) in [6, 6.07) is 6.47. The van der Waals surface area contributed by atoms with Gasteiger partial charge in [-0.3, -0.25) is 4.79 Å². The van der Waals surface area contributed by atoms with Gasteiger partial charge in [0.05, 0.1) is 15.7 Å². The Balaban J connectivity index is 0.00000504. The zero-order valence-corrected chi connectivity index (χ0v) is 37.5. The molecule has 3 aromatic rings. The minimum Gasteiger partial charge on any atom is -0.744 e. The van der Waals surface area contributed by atoms with Gasteiger partial charge in [-0.05, 0) is 74.9 Å². The SMILES string of the molecule is C.C.CCCCCCCCCCCCCCCc1cc(OC(=O)C(Cc2sc(C)c3c2OCCO3)c2cc(CCCCCC)c(C)s2)ccc1S(=O)(=O)[O-].[Na+]. The smallest absolute Gasteiger partial charge is 0.744 e. The maximum Gasteiger partial charge on any atom is 1.00 e. The Kier molecular flexibility index (Phi) is 25.6. The Morgan fingerprint density at radius 3 is 1.80 bits per heavy atom. The molecule has 11 heteroatoms. The first-order valence-corrected chi connectivity index (χ1v) is 22.9. The molecular formula is C44H69NaO7S3. The number of esters is 1. The van der Waals surface area contributed by atoms with Crippen molar-refractivity contribution in [1.29, 1.82) is 0 Å². The van der Waals surface area contributed by atoms with E-state index in [0.29, 0.717) is 37.4 Å². The molecule has 3 heterocycles. The predicted molar refractivity (Wildman–Crippen MR) is 226 cm³/mol. The van der Waals surface area contributed by atoms with Gasteiger partial charge in [-0.2, -0.15) is 0 Å². The first-order chi connectivity index (χ1) is 25.1. The molecule has 0 amide bonds. The van der Waals surface area contributed by atoms with E-state index in [4.69, 9.17) is 14.2 Å². The molecule has 0 radical (unpaired) electrons. The van der Waals surface area contributed by atoms with Crippen molar-refractivity contribution in [2.75, 3.05) is 13.2 Å². The molecule has 1 unspecified atom stereocenters. The number of thiophene rings is 2. The molecule has 306 valence electrons. The van der Waals surface area contributed by atoms with Crippen LogP contribution >= 0.6 is 22.7 Å². The zero-order valence-electron chi connectivity index (χ0n) is 33.0. The molecule has 2 aromatic heterocycles. The average Bonchev–Trinajstić information content (AvgIpc) is 3.65. The first-order valence-electron chi connectivity index (χ1n) is 19.9. The van der Waals surface area contributed by atoms with Crippen molar-refractivity contribution >= 4 is 38.8 Å². The summed E-state index contributed by atoms with van der Waals surface area (Å²) in [5.74, 6) is 0.714. The van der Waals surface area contributed by atoms with Gasteiger partial charge in [-0.15, -0.1) is 22.7 Å². The Morgan fingerprint density at radius 2 is 1.24 bits per heavy atom. The number of aryl methyl sites for hydroxylation is 4. The van der Waals surface area contributed by atoms with Crippen molar-refractivity contribution in [1.82, 2.24) is 0 Å². The maximum absolute atomic E-state index is 14.1. The fourth-order valence-electron chi connectivity index (χ4n) is 7.07. The van der Waals surface area contributed by atoms with E-state index in [0.717, 1.165) is 58.9 Å². The van der Waals surface area contributed by atoms with Crippen molar-refractivity contribution in [3.8, 4) is 17.2 Å². The molecule has 0 spiro atoms. The molecule has 7 nitrogen and oxygen atoms in total. The van der Waals surface area contributed by atoms with Crippen molar-refractivity contribution in [2.45, 2.75) is 182 Å². The van der Waals surface area contributed by atoms with Crippen molar-refractivity contribution < 1.29 is 61.5 Å². The number of hydrogen-bond donors (Lipinski definition) is 0. The molecule has 0 fully saturated rings. The Hall–Kier alpha value is -1.40. The second-order valence-corrected chi connectivity index (χ2v) is 18.3. The molecule has 0 saturated carbocycles. The normalized spacial score (nSPS) is 12.7. The van der Waals surface area contributed by atoms with E-state index in [1.807, 2.05) is 6.92 Å². The molecular weight excluding hydrogens is 760 g/mol. The number of ether oxygens (including phenoxy) is 3. The van der Waals surface area contributed by atoms with E-state index in [2.05, 4.69) is 26.8 Å². The summed E-state index contributed by atoms with van der Waals surface area (Å²) in [6.07, 6.45) is 22.2. The summed E-state index contributed by atoms with van der Waals surface area (Å²) in [6.45, 7) is 9.53. The quantitative estimate of drug-likeness (QED) is 0.0276. The van der Waals surface area contributed by atoms with E-state index in [-0.39, 0.29) is 55.1 Å². The van der Waals surface area contributed by atoms with Crippen molar-refractivity contribution in [3.63, 3.8) is 0 Å². The van der Waals surface area contributed by atoms with Crippen LogP contribution in [0, 0.1) is 13.8 Å². The minimum atomic E-state index is -4.68. The van der Waals surface area contributed by atoms with Crippen LogP contribution < -0.4 is 43.8 Å². The molecule has 4 rings (SSSR count). The van der Waals surface area contributed by atoms with E-state index in [1.165, 1.54) is 99.6 Å². The third-order valence-corrected chi connectivity index (χ3v) is 13.3. The predicted octanol–water partition coefficient (Wildman–Crippen LogP) is 10.1. The van der Waals surface area contributed by atoms with Gasteiger partial charge in [0, 0.05) is 21.1 Å². The number of hydrogen-bond acceptors (Lipinski definition) is 9. The molecule has 1 atom stereocenters. The first kappa shape index (κ1) is 51.6. The van der Waals surface area contributed by atoms with Crippen LogP contribution in [0.1, 0.15) is 174 Å². The van der Waals surface area contributed by atoms with Crippen molar-refractivity contribution in [3.05, 3.63) is 54.9 Å². The summed E-state index contributed by atoms with van der Waals surface area (Å²) in [7, 11) is -4.68. The maximum atomic E-state index is 14.1. The molecule has 0 saturated heterocycles. The van der Waals surface area contributed by atoms with Crippen LogP contribution in [0.2, 0.25) is 0 Å². The molecule has 55 heavy (non-hydrogen) atoms. The third-order valence-electron chi connectivity index (χ3n) is 10.1. The van der Waals surface area contributed by atoms with Crippen LogP contribution in [0.5, 0.6) is 17.2 Å². The Labute approximate surface area is 364 Å². The van der Waals surface area contributed by atoms with Gasteiger partial charge in [0.15, 0.2) is 11.5 Å². The fraction of sp³-hybridized carbons (Fsp3) is 0.659. The van der Waals surface area contributed by atoms with Gasteiger partial charge in [0.25, 0.3) is 0 Å². The summed E-state index contributed by atoms with van der Waals surface area (Å²) in [5.41, 5.74) is 1.68. The zero-order chi connectivity index (χ0) is 37.3. The number of carbonyl (C=O) groups excluding carboxylic acids is 1. The second kappa shape index (κ2) is 27.3. The van der Waals surface area contributed by atoms with Crippen LogP contribution in [-0.2, 0) is 34.2 Å². The summed E-state index contributed by atoms with van der Waals surface area (Å²) in [5, 5.41) is 0. The van der Waals surface area contributed by atoms with Gasteiger partial charge in [0.2, 0.25) is 0 Å². The van der Waals surface area contributed by atoms with Gasteiger partial charge in [-0.1, -0.05) is 125 Å². The van der Waals surface area contributed by atoms with E-state index in [1.54, 1.807) is 28.7 Å². The van der Waals surface area contributed by atoms with Crippen LogP contribution in [0.3, 0.4) is 0 Å². The minimum absolute atomic E-state index is 0. The molecule has 0 N–H and O–H groups in total. The number of fused-ring (bicyclic) bond motifs is 1. The van der Waals surface area contributed by atoms with Gasteiger partial charge in [0.1, 0.15) is 29.1 Å². The van der Waals surface area contributed by atoms with Gasteiger partial charge >= 0.3 is 35.5 Å². The molecule has 1 aliphatic heterocycles. The molecule has 1 aromatic carbocycles. The number of unbranched alkanes of at least 4 members (excludes halogenated alkanes) is 15. The number of rotatable bonds is 25. The van der Waals surface area contributed by atoms with Gasteiger partial charge < -0.3 is 18.8 Å². The number of benzene rings is 1. The standard InChI is InChI=1S/C42H62O7S3.2CH4.Na/c1-5-7-9-11-12-13-14-15-16-17-18-19-21-23-34-28-35(24-25-39(34)52(44,45)46)49-42(43)36(30-38-41-40(32(4)51-38)47-26-27-48-41)37-29-33(31(3)50-37)22-20-10-8-6-2;;;/h24-25,28-29,36H,5-23,26-27,30H2,1-4H3,(H,44,45,46);2*1H4;/q;;;+1/p-1.